The normalized spacial score (nSPS) is 12.8. The average Bonchev–Trinajstić information content (AvgIpc) is 2.64. The molecule has 2 nitrogen and oxygen atoms in total. The summed E-state index contributed by atoms with van der Waals surface area (Å²) >= 11 is 1.26. The van der Waals surface area contributed by atoms with Crippen LogP contribution in [0.1, 0.15) is 18.0 Å². The summed E-state index contributed by atoms with van der Waals surface area (Å²) in [7, 11) is 0. The molecule has 0 aliphatic heterocycles. The van der Waals surface area contributed by atoms with E-state index in [0.29, 0.717) is 16.3 Å². The Labute approximate surface area is 95.2 Å². The van der Waals surface area contributed by atoms with Crippen molar-refractivity contribution >= 4 is 11.3 Å². The molecule has 2 rings (SSSR count). The van der Waals surface area contributed by atoms with Crippen LogP contribution < -0.4 is 0 Å². The van der Waals surface area contributed by atoms with Gasteiger partial charge < -0.3 is 5.11 Å². The predicted molar refractivity (Wildman–Crippen MR) is 58.1 cm³/mol. The van der Waals surface area contributed by atoms with Crippen LogP contribution in [0.3, 0.4) is 0 Å². The molecule has 16 heavy (non-hydrogen) atoms. The van der Waals surface area contributed by atoms with Crippen LogP contribution in [0.2, 0.25) is 0 Å². The third-order valence-corrected chi connectivity index (χ3v) is 3.05. The number of thiazole rings is 1. The fourth-order valence-electron chi connectivity index (χ4n) is 1.31. The van der Waals surface area contributed by atoms with E-state index in [0.717, 1.165) is 6.07 Å². The lowest BCUT2D eigenvalue weighted by Gasteiger charge is -1.99. The van der Waals surface area contributed by atoms with E-state index in [2.05, 4.69) is 4.98 Å². The van der Waals surface area contributed by atoms with E-state index in [1.54, 1.807) is 12.3 Å². The van der Waals surface area contributed by atoms with Gasteiger partial charge in [-0.05, 0) is 19.1 Å². The third-order valence-electron chi connectivity index (χ3n) is 2.04. The molecule has 1 aromatic carbocycles. The Bertz CT molecular complexity index is 490. The lowest BCUT2D eigenvalue weighted by Crippen LogP contribution is -1.90. The second kappa shape index (κ2) is 4.27. The summed E-state index contributed by atoms with van der Waals surface area (Å²) in [6.07, 6.45) is -0.669. The first-order chi connectivity index (χ1) is 7.56. The van der Waals surface area contributed by atoms with Gasteiger partial charge in [-0.2, -0.15) is 0 Å². The van der Waals surface area contributed by atoms with Gasteiger partial charge in [-0.25, -0.2) is 13.8 Å². The van der Waals surface area contributed by atoms with Crippen LogP contribution >= 0.6 is 11.3 Å². The van der Waals surface area contributed by atoms with E-state index in [9.17, 15) is 13.9 Å². The van der Waals surface area contributed by atoms with E-state index in [1.807, 2.05) is 0 Å². The number of aromatic nitrogens is 1. The zero-order valence-corrected chi connectivity index (χ0v) is 9.26. The lowest BCUT2D eigenvalue weighted by atomic mass is 10.1. The number of hydrogen-bond acceptors (Lipinski definition) is 3. The Morgan fingerprint density at radius 3 is 2.38 bits per heavy atom. The molecule has 0 fully saturated rings. The van der Waals surface area contributed by atoms with Crippen LogP contribution in [0, 0.1) is 11.6 Å². The first-order valence-corrected chi connectivity index (χ1v) is 5.54. The number of nitrogens with zero attached hydrogens (tertiary/aromatic N) is 1. The summed E-state index contributed by atoms with van der Waals surface area (Å²) in [5.41, 5.74) is 0.847. The molecule has 0 saturated heterocycles. The topological polar surface area (TPSA) is 33.1 Å². The van der Waals surface area contributed by atoms with Gasteiger partial charge in [-0.1, -0.05) is 0 Å². The van der Waals surface area contributed by atoms with Crippen molar-refractivity contribution in [2.45, 2.75) is 13.0 Å². The Morgan fingerprint density at radius 2 is 1.88 bits per heavy atom. The van der Waals surface area contributed by atoms with Gasteiger partial charge >= 0.3 is 0 Å². The van der Waals surface area contributed by atoms with Gasteiger partial charge in [0.05, 0.1) is 5.69 Å². The highest BCUT2D eigenvalue weighted by atomic mass is 32.1. The molecule has 0 aliphatic carbocycles. The minimum atomic E-state index is -0.669. The smallest absolute Gasteiger partial charge is 0.126 e. The summed E-state index contributed by atoms with van der Waals surface area (Å²) < 4.78 is 25.9. The van der Waals surface area contributed by atoms with Crippen LogP contribution in [0.25, 0.3) is 11.3 Å². The van der Waals surface area contributed by atoms with Crippen molar-refractivity contribution in [3.05, 3.63) is 40.2 Å². The Kier molecular flexibility index (Phi) is 2.98. The third kappa shape index (κ3) is 2.25. The van der Waals surface area contributed by atoms with Crippen molar-refractivity contribution in [1.82, 2.24) is 4.98 Å². The first-order valence-electron chi connectivity index (χ1n) is 4.66. The maximum absolute atomic E-state index is 13.0. The predicted octanol–water partition coefficient (Wildman–Crippen LogP) is 3.14. The van der Waals surface area contributed by atoms with E-state index >= 15 is 0 Å². The first kappa shape index (κ1) is 11.2. The van der Waals surface area contributed by atoms with Gasteiger partial charge in [-0.3, -0.25) is 0 Å². The Hall–Kier alpha value is -1.33. The number of aliphatic hydroxyl groups is 1. The van der Waals surface area contributed by atoms with Gasteiger partial charge in [0.1, 0.15) is 22.7 Å². The Balaban J connectivity index is 2.42. The number of halogens is 2. The molecule has 0 spiro atoms. The molecule has 1 heterocycles. The number of rotatable bonds is 2. The molecule has 5 heteroatoms. The van der Waals surface area contributed by atoms with Crippen molar-refractivity contribution < 1.29 is 13.9 Å². The minimum absolute atomic E-state index is 0.376. The second-order valence-electron chi connectivity index (χ2n) is 3.41. The molecule has 0 bridgehead atoms. The number of aliphatic hydroxyl groups excluding tert-OH is 1. The number of hydrogen-bond donors (Lipinski definition) is 1. The van der Waals surface area contributed by atoms with Crippen molar-refractivity contribution in [2.75, 3.05) is 0 Å². The molecule has 0 radical (unpaired) electrons. The van der Waals surface area contributed by atoms with Crippen LogP contribution in [-0.4, -0.2) is 10.1 Å². The zero-order valence-electron chi connectivity index (χ0n) is 8.45. The average molecular weight is 241 g/mol. The summed E-state index contributed by atoms with van der Waals surface area (Å²) in [5.74, 6) is -1.27. The summed E-state index contributed by atoms with van der Waals surface area (Å²) in [6, 6.07) is 3.24. The van der Waals surface area contributed by atoms with Crippen LogP contribution in [-0.2, 0) is 0 Å². The van der Waals surface area contributed by atoms with Crippen LogP contribution in [0.15, 0.2) is 23.6 Å². The molecule has 0 saturated carbocycles. The maximum atomic E-state index is 13.0. The molecule has 1 atom stereocenters. The fourth-order valence-corrected chi connectivity index (χ4v) is 2.08. The summed E-state index contributed by atoms with van der Waals surface area (Å²) in [6.45, 7) is 1.59. The van der Waals surface area contributed by atoms with Gasteiger partial charge in [0.2, 0.25) is 0 Å². The van der Waals surface area contributed by atoms with Gasteiger partial charge in [0.25, 0.3) is 0 Å². The number of benzene rings is 1. The molecule has 2 aromatic rings. The largest absolute Gasteiger partial charge is 0.386 e. The minimum Gasteiger partial charge on any atom is -0.386 e. The monoisotopic (exact) mass is 241 g/mol. The molecule has 0 aliphatic rings. The lowest BCUT2D eigenvalue weighted by molar-refractivity contribution is 0.199. The van der Waals surface area contributed by atoms with Crippen molar-refractivity contribution in [3.8, 4) is 11.3 Å². The molecule has 1 N–H and O–H groups in total. The highest BCUT2D eigenvalue weighted by Crippen LogP contribution is 2.26. The van der Waals surface area contributed by atoms with Crippen LogP contribution in [0.4, 0.5) is 8.78 Å². The highest BCUT2D eigenvalue weighted by molar-refractivity contribution is 7.10. The van der Waals surface area contributed by atoms with Crippen molar-refractivity contribution in [2.24, 2.45) is 0 Å². The molecule has 1 aromatic heterocycles. The second-order valence-corrected chi connectivity index (χ2v) is 4.29. The quantitative estimate of drug-likeness (QED) is 0.876. The van der Waals surface area contributed by atoms with Crippen LogP contribution in [0.5, 0.6) is 0 Å². The Morgan fingerprint density at radius 1 is 1.25 bits per heavy atom. The van der Waals surface area contributed by atoms with Gasteiger partial charge in [0, 0.05) is 17.0 Å². The van der Waals surface area contributed by atoms with E-state index in [-0.39, 0.29) is 0 Å². The van der Waals surface area contributed by atoms with Crippen molar-refractivity contribution in [3.63, 3.8) is 0 Å². The molecular weight excluding hydrogens is 232 g/mol. The fraction of sp³-hybridized carbons (Fsp3) is 0.182. The van der Waals surface area contributed by atoms with Gasteiger partial charge in [0.15, 0.2) is 0 Å². The molecule has 0 amide bonds. The summed E-state index contributed by atoms with van der Waals surface area (Å²) in [4.78, 5) is 4.10. The molecular formula is C11H9F2NOS. The summed E-state index contributed by atoms with van der Waals surface area (Å²) in [5, 5.41) is 11.5. The molecule has 84 valence electrons. The van der Waals surface area contributed by atoms with Crippen molar-refractivity contribution in [1.29, 1.82) is 0 Å². The maximum Gasteiger partial charge on any atom is 0.126 e. The highest BCUT2D eigenvalue weighted by Gasteiger charge is 2.10. The van der Waals surface area contributed by atoms with E-state index in [4.69, 9.17) is 0 Å². The molecule has 1 unspecified atom stereocenters. The van der Waals surface area contributed by atoms with E-state index in [1.165, 1.54) is 23.5 Å². The zero-order chi connectivity index (χ0) is 11.7. The standard InChI is InChI=1S/C11H9F2NOS/c1-6(15)11-14-10(5-16-11)7-2-8(12)4-9(13)3-7/h2-6,15H,1H3. The van der Waals surface area contributed by atoms with Gasteiger partial charge in [-0.15, -0.1) is 11.3 Å². The van der Waals surface area contributed by atoms with E-state index < -0.39 is 17.7 Å². The SMILES string of the molecule is CC(O)c1nc(-c2cc(F)cc(F)c2)cs1.